The number of para-hydroxylation sites is 2. The van der Waals surface area contributed by atoms with E-state index in [2.05, 4.69) is 11.4 Å². The van der Waals surface area contributed by atoms with Gasteiger partial charge in [-0.15, -0.1) is 11.3 Å². The predicted molar refractivity (Wildman–Crippen MR) is 96.9 cm³/mol. The van der Waals surface area contributed by atoms with Crippen LogP contribution in [0.3, 0.4) is 0 Å². The van der Waals surface area contributed by atoms with E-state index in [1.807, 2.05) is 29.2 Å². The molecule has 2 amide bonds. The van der Waals surface area contributed by atoms with Gasteiger partial charge in [0.05, 0.1) is 18.7 Å². The minimum atomic E-state index is -0.280. The standard InChI is InChI=1S/C19H20N2O3S/c1-24-16-5-3-2-4-15(16)21-12-14(10-18(21)22)19(23)20-8-6-17-13(11-20)7-9-25-17/h2-5,7,9,14H,6,8,10-12H2,1H3. The summed E-state index contributed by atoms with van der Waals surface area (Å²) < 4.78 is 5.36. The van der Waals surface area contributed by atoms with Crippen molar-refractivity contribution in [3.63, 3.8) is 0 Å². The van der Waals surface area contributed by atoms with E-state index in [0.29, 0.717) is 18.8 Å². The van der Waals surface area contributed by atoms with Crippen LogP contribution in [0.25, 0.3) is 0 Å². The van der Waals surface area contributed by atoms with Gasteiger partial charge in [-0.25, -0.2) is 0 Å². The molecule has 0 spiro atoms. The van der Waals surface area contributed by atoms with Crippen LogP contribution in [0.2, 0.25) is 0 Å². The predicted octanol–water partition coefficient (Wildman–Crippen LogP) is 2.69. The maximum absolute atomic E-state index is 12.9. The molecule has 6 heteroatoms. The number of carbonyl (C=O) groups is 2. The second-order valence-electron chi connectivity index (χ2n) is 6.46. The molecule has 0 aliphatic carbocycles. The normalized spacial score (nSPS) is 19.9. The molecule has 130 valence electrons. The highest BCUT2D eigenvalue weighted by molar-refractivity contribution is 7.10. The number of carbonyl (C=O) groups excluding carboxylic acids is 2. The Morgan fingerprint density at radius 2 is 2.12 bits per heavy atom. The number of methoxy groups -OCH3 is 1. The second-order valence-corrected chi connectivity index (χ2v) is 7.46. The Hall–Kier alpha value is -2.34. The first-order valence-electron chi connectivity index (χ1n) is 8.45. The van der Waals surface area contributed by atoms with Gasteiger partial charge in [0.15, 0.2) is 0 Å². The van der Waals surface area contributed by atoms with Crippen molar-refractivity contribution in [1.82, 2.24) is 4.90 Å². The molecule has 0 radical (unpaired) electrons. The van der Waals surface area contributed by atoms with Gasteiger partial charge < -0.3 is 14.5 Å². The lowest BCUT2D eigenvalue weighted by Crippen LogP contribution is -2.40. The van der Waals surface area contributed by atoms with Crippen LogP contribution in [0.1, 0.15) is 16.9 Å². The van der Waals surface area contributed by atoms with Crippen molar-refractivity contribution in [3.8, 4) is 5.75 Å². The van der Waals surface area contributed by atoms with Crippen molar-refractivity contribution >= 4 is 28.8 Å². The number of hydrogen-bond acceptors (Lipinski definition) is 4. The Morgan fingerprint density at radius 3 is 2.96 bits per heavy atom. The molecular formula is C19H20N2O3S. The third kappa shape index (κ3) is 2.91. The van der Waals surface area contributed by atoms with Gasteiger partial charge in [-0.2, -0.15) is 0 Å². The summed E-state index contributed by atoms with van der Waals surface area (Å²) in [6, 6.07) is 9.55. The van der Waals surface area contributed by atoms with Gasteiger partial charge >= 0.3 is 0 Å². The van der Waals surface area contributed by atoms with E-state index >= 15 is 0 Å². The van der Waals surface area contributed by atoms with E-state index in [4.69, 9.17) is 4.74 Å². The Bertz CT molecular complexity index is 817. The number of benzene rings is 1. The fourth-order valence-electron chi connectivity index (χ4n) is 3.65. The molecule has 2 aliphatic rings. The first-order chi connectivity index (χ1) is 12.2. The zero-order chi connectivity index (χ0) is 17.4. The first-order valence-corrected chi connectivity index (χ1v) is 9.32. The molecule has 2 aromatic rings. The van der Waals surface area contributed by atoms with Gasteiger partial charge in [-0.05, 0) is 35.6 Å². The molecule has 1 fully saturated rings. The average Bonchev–Trinajstić information content (AvgIpc) is 3.26. The fourth-order valence-corrected chi connectivity index (χ4v) is 4.54. The lowest BCUT2D eigenvalue weighted by molar-refractivity contribution is -0.136. The Kier molecular flexibility index (Phi) is 4.21. The van der Waals surface area contributed by atoms with Crippen LogP contribution in [0.4, 0.5) is 5.69 Å². The van der Waals surface area contributed by atoms with Gasteiger partial charge in [0.25, 0.3) is 0 Å². The maximum Gasteiger partial charge on any atom is 0.228 e. The zero-order valence-corrected chi connectivity index (χ0v) is 14.9. The summed E-state index contributed by atoms with van der Waals surface area (Å²) in [5.41, 5.74) is 1.99. The quantitative estimate of drug-likeness (QED) is 0.850. The van der Waals surface area contributed by atoms with Gasteiger partial charge in [0.1, 0.15) is 5.75 Å². The van der Waals surface area contributed by atoms with E-state index in [1.165, 1.54) is 10.4 Å². The number of thiophene rings is 1. The lowest BCUT2D eigenvalue weighted by Gasteiger charge is -2.29. The van der Waals surface area contributed by atoms with E-state index in [-0.39, 0.29) is 24.2 Å². The first kappa shape index (κ1) is 16.1. The number of amides is 2. The molecule has 2 aliphatic heterocycles. The minimum Gasteiger partial charge on any atom is -0.495 e. The second kappa shape index (κ2) is 6.52. The lowest BCUT2D eigenvalue weighted by atomic mass is 10.0. The topological polar surface area (TPSA) is 49.9 Å². The van der Waals surface area contributed by atoms with Crippen LogP contribution < -0.4 is 9.64 Å². The molecule has 1 saturated heterocycles. The van der Waals surface area contributed by atoms with Gasteiger partial charge in [-0.1, -0.05) is 12.1 Å². The van der Waals surface area contributed by atoms with E-state index in [0.717, 1.165) is 18.7 Å². The molecule has 0 bridgehead atoms. The number of nitrogens with zero attached hydrogens (tertiary/aromatic N) is 2. The van der Waals surface area contributed by atoms with Gasteiger partial charge in [0, 0.05) is 30.9 Å². The molecule has 0 N–H and O–H groups in total. The highest BCUT2D eigenvalue weighted by Crippen LogP contribution is 2.34. The monoisotopic (exact) mass is 356 g/mol. The molecule has 4 rings (SSSR count). The number of rotatable bonds is 3. The van der Waals surface area contributed by atoms with Crippen molar-refractivity contribution in [3.05, 3.63) is 46.2 Å². The molecule has 3 heterocycles. The molecular weight excluding hydrogens is 336 g/mol. The Balaban J connectivity index is 1.50. The number of anilines is 1. The van der Waals surface area contributed by atoms with Gasteiger partial charge in [0.2, 0.25) is 11.8 Å². The van der Waals surface area contributed by atoms with E-state index in [9.17, 15) is 9.59 Å². The summed E-state index contributed by atoms with van der Waals surface area (Å²) in [5, 5.41) is 2.08. The van der Waals surface area contributed by atoms with Crippen LogP contribution in [-0.4, -0.2) is 36.9 Å². The number of fused-ring (bicyclic) bond motifs is 1. The molecule has 1 unspecified atom stereocenters. The number of hydrogen-bond donors (Lipinski definition) is 0. The summed E-state index contributed by atoms with van der Waals surface area (Å²) in [5.74, 6) is 0.445. The van der Waals surface area contributed by atoms with E-state index in [1.54, 1.807) is 23.3 Å². The third-order valence-corrected chi connectivity index (χ3v) is 5.99. The summed E-state index contributed by atoms with van der Waals surface area (Å²) in [6.45, 7) is 1.83. The van der Waals surface area contributed by atoms with E-state index < -0.39 is 0 Å². The van der Waals surface area contributed by atoms with Crippen LogP contribution in [0, 0.1) is 5.92 Å². The molecule has 1 atom stereocenters. The van der Waals surface area contributed by atoms with Crippen LogP contribution >= 0.6 is 11.3 Å². The highest BCUT2D eigenvalue weighted by Gasteiger charge is 2.38. The van der Waals surface area contributed by atoms with Crippen LogP contribution in [0.15, 0.2) is 35.7 Å². The smallest absolute Gasteiger partial charge is 0.228 e. The van der Waals surface area contributed by atoms with Gasteiger partial charge in [-0.3, -0.25) is 9.59 Å². The number of ether oxygens (including phenoxy) is 1. The van der Waals surface area contributed by atoms with Crippen molar-refractivity contribution in [1.29, 1.82) is 0 Å². The zero-order valence-electron chi connectivity index (χ0n) is 14.1. The third-order valence-electron chi connectivity index (χ3n) is 4.97. The average molecular weight is 356 g/mol. The summed E-state index contributed by atoms with van der Waals surface area (Å²) >= 11 is 1.76. The highest BCUT2D eigenvalue weighted by atomic mass is 32.1. The SMILES string of the molecule is COc1ccccc1N1CC(C(=O)N2CCc3sccc3C2)CC1=O. The van der Waals surface area contributed by atoms with Crippen LogP contribution in [0.5, 0.6) is 5.75 Å². The Labute approximate surface area is 150 Å². The summed E-state index contributed by atoms with van der Waals surface area (Å²) in [7, 11) is 1.59. The van der Waals surface area contributed by atoms with Crippen molar-refractivity contribution in [2.24, 2.45) is 5.92 Å². The van der Waals surface area contributed by atoms with Crippen molar-refractivity contribution < 1.29 is 14.3 Å². The fraction of sp³-hybridized carbons (Fsp3) is 0.368. The largest absolute Gasteiger partial charge is 0.495 e. The summed E-state index contributed by atoms with van der Waals surface area (Å²) in [6.07, 6.45) is 1.18. The molecule has 1 aromatic heterocycles. The van der Waals surface area contributed by atoms with Crippen molar-refractivity contribution in [2.45, 2.75) is 19.4 Å². The van der Waals surface area contributed by atoms with Crippen LogP contribution in [-0.2, 0) is 22.6 Å². The molecule has 5 nitrogen and oxygen atoms in total. The van der Waals surface area contributed by atoms with Crippen molar-refractivity contribution in [2.75, 3.05) is 25.1 Å². The Morgan fingerprint density at radius 1 is 1.28 bits per heavy atom. The maximum atomic E-state index is 12.9. The summed E-state index contributed by atoms with van der Waals surface area (Å²) in [4.78, 5) is 30.4. The molecule has 25 heavy (non-hydrogen) atoms. The molecule has 1 aromatic carbocycles. The minimum absolute atomic E-state index is 0.0175. The molecule has 0 saturated carbocycles.